The third-order valence-electron chi connectivity index (χ3n) is 2.48. The number of hydrogen-bond acceptors (Lipinski definition) is 4. The molecule has 0 bridgehead atoms. The number of rotatable bonds is 6. The Bertz CT molecular complexity index is 420. The van der Waals surface area contributed by atoms with Crippen molar-refractivity contribution in [2.75, 3.05) is 26.5 Å². The predicted molar refractivity (Wildman–Crippen MR) is 77.0 cm³/mol. The molecule has 1 unspecified atom stereocenters. The lowest BCUT2D eigenvalue weighted by molar-refractivity contribution is -0.142. The third kappa shape index (κ3) is 4.95. The fraction of sp³-hybridized carbons (Fsp3) is 0.429. The Labute approximate surface area is 118 Å². The maximum Gasteiger partial charge on any atom is 0.323 e. The van der Waals surface area contributed by atoms with E-state index in [1.807, 2.05) is 30.3 Å². The van der Waals surface area contributed by atoms with Crippen molar-refractivity contribution in [1.29, 1.82) is 0 Å². The molecule has 5 heteroatoms. The summed E-state index contributed by atoms with van der Waals surface area (Å²) in [6.07, 6.45) is 0. The lowest BCUT2D eigenvalue weighted by atomic mass is 10.1. The Morgan fingerprint density at radius 3 is 2.42 bits per heavy atom. The van der Waals surface area contributed by atoms with Crippen molar-refractivity contribution in [3.05, 3.63) is 35.9 Å². The first-order chi connectivity index (χ1) is 9.06. The second kappa shape index (κ2) is 7.84. The zero-order valence-corrected chi connectivity index (χ0v) is 12.3. The van der Waals surface area contributed by atoms with Gasteiger partial charge in [-0.3, -0.25) is 9.59 Å². The van der Waals surface area contributed by atoms with Gasteiger partial charge in [0.05, 0.1) is 12.4 Å². The zero-order chi connectivity index (χ0) is 14.3. The summed E-state index contributed by atoms with van der Waals surface area (Å²) < 4.78 is 5.07. The Morgan fingerprint density at radius 1 is 1.26 bits per heavy atom. The number of ether oxygens (including phenoxy) is 1. The lowest BCUT2D eigenvalue weighted by Gasteiger charge is -2.16. The number of esters is 1. The van der Waals surface area contributed by atoms with E-state index in [-0.39, 0.29) is 17.6 Å². The summed E-state index contributed by atoms with van der Waals surface area (Å²) in [5.41, 5.74) is 0.859. The van der Waals surface area contributed by atoms with Crippen molar-refractivity contribution in [3.63, 3.8) is 0 Å². The quantitative estimate of drug-likeness (QED) is 0.749. The Kier molecular flexibility index (Phi) is 6.42. The van der Waals surface area contributed by atoms with Crippen molar-refractivity contribution in [2.45, 2.75) is 12.2 Å². The number of nitrogens with zero attached hydrogens (tertiary/aromatic N) is 1. The molecule has 0 saturated carbocycles. The van der Waals surface area contributed by atoms with Crippen LogP contribution in [0.25, 0.3) is 0 Å². The van der Waals surface area contributed by atoms with Crippen molar-refractivity contribution < 1.29 is 14.3 Å². The van der Waals surface area contributed by atoms with Crippen molar-refractivity contribution in [3.8, 4) is 0 Å². The summed E-state index contributed by atoms with van der Waals surface area (Å²) in [4.78, 5) is 25.1. The second-order valence-electron chi connectivity index (χ2n) is 4.14. The van der Waals surface area contributed by atoms with Gasteiger partial charge in [-0.1, -0.05) is 30.3 Å². The van der Waals surface area contributed by atoms with Gasteiger partial charge in [-0.05, 0) is 12.5 Å². The van der Waals surface area contributed by atoms with Gasteiger partial charge in [-0.25, -0.2) is 0 Å². The maximum atomic E-state index is 12.0. The molecule has 0 spiro atoms. The summed E-state index contributed by atoms with van der Waals surface area (Å²) in [5.74, 6) is -0.0637. The number of carbonyl (C=O) groups excluding carboxylic acids is 2. The van der Waals surface area contributed by atoms with Crippen LogP contribution in [0.2, 0.25) is 0 Å². The topological polar surface area (TPSA) is 46.6 Å². The van der Waals surface area contributed by atoms with Gasteiger partial charge in [-0.15, -0.1) is 11.8 Å². The van der Waals surface area contributed by atoms with Crippen LogP contribution in [0.4, 0.5) is 0 Å². The number of hydrogen-bond donors (Lipinski definition) is 0. The highest BCUT2D eigenvalue weighted by Crippen LogP contribution is 2.30. The Balaban J connectivity index is 2.76. The van der Waals surface area contributed by atoms with E-state index in [0.29, 0.717) is 6.61 Å². The Morgan fingerprint density at radius 2 is 1.89 bits per heavy atom. The van der Waals surface area contributed by atoms with E-state index < -0.39 is 5.25 Å². The molecule has 0 heterocycles. The van der Waals surface area contributed by atoms with Crippen LogP contribution in [0, 0.1) is 0 Å². The molecule has 0 aliphatic rings. The third-order valence-corrected chi connectivity index (χ3v) is 3.69. The van der Waals surface area contributed by atoms with Crippen molar-refractivity contribution in [2.24, 2.45) is 0 Å². The predicted octanol–water partition coefficient (Wildman–Crippen LogP) is 2.11. The van der Waals surface area contributed by atoms with Gasteiger partial charge >= 0.3 is 5.97 Å². The molecule has 1 rings (SSSR count). The molecule has 1 atom stereocenters. The van der Waals surface area contributed by atoms with E-state index in [0.717, 1.165) is 5.56 Å². The second-order valence-corrected chi connectivity index (χ2v) is 5.24. The van der Waals surface area contributed by atoms with E-state index in [2.05, 4.69) is 0 Å². The summed E-state index contributed by atoms with van der Waals surface area (Å²) in [6, 6.07) is 9.37. The van der Waals surface area contributed by atoms with Crippen LogP contribution in [0.15, 0.2) is 30.3 Å². The van der Waals surface area contributed by atoms with Crippen molar-refractivity contribution in [1.82, 2.24) is 4.90 Å². The molecule has 1 amide bonds. The highest BCUT2D eigenvalue weighted by molar-refractivity contribution is 8.00. The molecule has 0 N–H and O–H groups in total. The van der Waals surface area contributed by atoms with Gasteiger partial charge in [0.2, 0.25) is 5.91 Å². The lowest BCUT2D eigenvalue weighted by Crippen LogP contribution is -2.25. The molecule has 1 aromatic carbocycles. The average molecular weight is 281 g/mol. The minimum Gasteiger partial charge on any atom is -0.465 e. The molecular weight excluding hydrogens is 262 g/mol. The molecule has 0 aliphatic carbocycles. The van der Waals surface area contributed by atoms with Gasteiger partial charge in [0.15, 0.2) is 0 Å². The number of carbonyl (C=O) groups is 2. The van der Waals surface area contributed by atoms with Crippen LogP contribution >= 0.6 is 11.8 Å². The summed E-state index contributed by atoms with van der Waals surface area (Å²) in [5, 5.41) is -0.454. The molecule has 4 nitrogen and oxygen atoms in total. The van der Waals surface area contributed by atoms with Gasteiger partial charge in [-0.2, -0.15) is 0 Å². The van der Waals surface area contributed by atoms with Gasteiger partial charge < -0.3 is 9.64 Å². The van der Waals surface area contributed by atoms with E-state index >= 15 is 0 Å². The first-order valence-electron chi connectivity index (χ1n) is 6.09. The van der Waals surface area contributed by atoms with Crippen LogP contribution in [0.3, 0.4) is 0 Å². The molecular formula is C14H19NO3S. The molecule has 0 radical (unpaired) electrons. The molecule has 104 valence electrons. The van der Waals surface area contributed by atoms with Gasteiger partial charge in [0, 0.05) is 14.1 Å². The SMILES string of the molecule is CCOC(=O)C(SCC(=O)N(C)C)c1ccccc1. The van der Waals surface area contributed by atoms with Crippen LogP contribution in [0.1, 0.15) is 17.7 Å². The van der Waals surface area contributed by atoms with E-state index in [1.165, 1.54) is 16.7 Å². The van der Waals surface area contributed by atoms with Crippen LogP contribution in [-0.4, -0.2) is 43.2 Å². The summed E-state index contributed by atoms with van der Waals surface area (Å²) >= 11 is 1.29. The standard InChI is InChI=1S/C14H19NO3S/c1-4-18-14(17)13(11-8-6-5-7-9-11)19-10-12(16)15(2)3/h5-9,13H,4,10H2,1-3H3. The normalized spacial score (nSPS) is 11.7. The maximum absolute atomic E-state index is 12.0. The zero-order valence-electron chi connectivity index (χ0n) is 11.5. The van der Waals surface area contributed by atoms with Gasteiger partial charge in [0.1, 0.15) is 5.25 Å². The Hall–Kier alpha value is -1.49. The van der Waals surface area contributed by atoms with Crippen LogP contribution in [-0.2, 0) is 14.3 Å². The molecule has 19 heavy (non-hydrogen) atoms. The summed E-state index contributed by atoms with van der Waals surface area (Å²) in [7, 11) is 3.40. The van der Waals surface area contributed by atoms with Crippen molar-refractivity contribution >= 4 is 23.6 Å². The van der Waals surface area contributed by atoms with Crippen LogP contribution in [0.5, 0.6) is 0 Å². The van der Waals surface area contributed by atoms with Gasteiger partial charge in [0.25, 0.3) is 0 Å². The molecule has 0 aromatic heterocycles. The fourth-order valence-corrected chi connectivity index (χ4v) is 2.55. The highest BCUT2D eigenvalue weighted by atomic mass is 32.2. The molecule has 0 fully saturated rings. The smallest absolute Gasteiger partial charge is 0.323 e. The monoisotopic (exact) mass is 281 g/mol. The van der Waals surface area contributed by atoms with Crippen LogP contribution < -0.4 is 0 Å². The van der Waals surface area contributed by atoms with E-state index in [9.17, 15) is 9.59 Å². The van der Waals surface area contributed by atoms with E-state index in [4.69, 9.17) is 4.74 Å². The molecule has 0 saturated heterocycles. The summed E-state index contributed by atoms with van der Waals surface area (Å²) in [6.45, 7) is 2.11. The van der Waals surface area contributed by atoms with E-state index in [1.54, 1.807) is 21.0 Å². The largest absolute Gasteiger partial charge is 0.465 e. The molecule has 0 aliphatic heterocycles. The number of amides is 1. The first-order valence-corrected chi connectivity index (χ1v) is 7.14. The highest BCUT2D eigenvalue weighted by Gasteiger charge is 2.23. The number of thioether (sulfide) groups is 1. The average Bonchev–Trinajstić information content (AvgIpc) is 2.40. The minimum atomic E-state index is -0.454. The molecule has 1 aromatic rings. The fourth-order valence-electron chi connectivity index (χ4n) is 1.43. The number of benzene rings is 1. The minimum absolute atomic E-state index is 0.0183. The first kappa shape index (κ1) is 15.6.